The van der Waals surface area contributed by atoms with Crippen molar-refractivity contribution >= 4 is 29.2 Å². The van der Waals surface area contributed by atoms with Gasteiger partial charge in [-0.05, 0) is 32.0 Å². The van der Waals surface area contributed by atoms with E-state index < -0.39 is 17.9 Å². The Labute approximate surface area is 134 Å². The van der Waals surface area contributed by atoms with Crippen molar-refractivity contribution in [3.8, 4) is 5.75 Å². The molecule has 0 saturated carbocycles. The summed E-state index contributed by atoms with van der Waals surface area (Å²) in [5.41, 5.74) is 0.703. The van der Waals surface area contributed by atoms with E-state index in [9.17, 15) is 9.59 Å². The molecule has 7 heteroatoms. The number of carboxylic acid groups (broad SMARTS) is 1. The summed E-state index contributed by atoms with van der Waals surface area (Å²) < 4.78 is 5.19. The maximum Gasteiger partial charge on any atom is 0.308 e. The number of methoxy groups -OCH3 is 1. The van der Waals surface area contributed by atoms with Crippen LogP contribution in [-0.2, 0) is 9.59 Å². The molecule has 0 radical (unpaired) electrons. The first-order valence-corrected chi connectivity index (χ1v) is 7.32. The summed E-state index contributed by atoms with van der Waals surface area (Å²) in [6.07, 6.45) is 0.215. The van der Waals surface area contributed by atoms with Gasteiger partial charge in [0, 0.05) is 24.0 Å². The SMILES string of the molecule is COc1ccc(Cl)cc1NCCC(=O)NC(C)C(C)C(=O)O. The van der Waals surface area contributed by atoms with Crippen LogP contribution in [0.3, 0.4) is 0 Å². The van der Waals surface area contributed by atoms with Crippen molar-refractivity contribution in [2.75, 3.05) is 19.0 Å². The van der Waals surface area contributed by atoms with Crippen LogP contribution in [0.2, 0.25) is 5.02 Å². The summed E-state index contributed by atoms with van der Waals surface area (Å²) in [4.78, 5) is 22.6. The fourth-order valence-electron chi connectivity index (χ4n) is 1.79. The summed E-state index contributed by atoms with van der Waals surface area (Å²) >= 11 is 5.92. The quantitative estimate of drug-likeness (QED) is 0.682. The average Bonchev–Trinajstić information content (AvgIpc) is 2.46. The van der Waals surface area contributed by atoms with E-state index in [1.807, 2.05) is 0 Å². The Bertz CT molecular complexity index is 536. The Balaban J connectivity index is 2.46. The molecule has 0 spiro atoms. The van der Waals surface area contributed by atoms with Crippen LogP contribution in [0.1, 0.15) is 20.3 Å². The van der Waals surface area contributed by atoms with E-state index in [2.05, 4.69) is 10.6 Å². The maximum absolute atomic E-state index is 11.8. The van der Waals surface area contributed by atoms with Crippen molar-refractivity contribution in [3.05, 3.63) is 23.2 Å². The number of carboxylic acids is 1. The van der Waals surface area contributed by atoms with Crippen molar-refractivity contribution in [3.63, 3.8) is 0 Å². The monoisotopic (exact) mass is 328 g/mol. The normalized spacial score (nSPS) is 13.1. The molecule has 0 bridgehead atoms. The molecule has 0 aliphatic rings. The summed E-state index contributed by atoms with van der Waals surface area (Å²) in [5, 5.41) is 15.2. The zero-order chi connectivity index (χ0) is 16.7. The van der Waals surface area contributed by atoms with E-state index in [1.165, 1.54) is 0 Å². The highest BCUT2D eigenvalue weighted by atomic mass is 35.5. The molecule has 1 rings (SSSR count). The number of hydrogen-bond donors (Lipinski definition) is 3. The highest BCUT2D eigenvalue weighted by Crippen LogP contribution is 2.27. The molecule has 1 aromatic carbocycles. The molecule has 0 fully saturated rings. The highest BCUT2D eigenvalue weighted by molar-refractivity contribution is 6.30. The number of nitrogens with one attached hydrogen (secondary N) is 2. The molecular weight excluding hydrogens is 308 g/mol. The zero-order valence-electron chi connectivity index (χ0n) is 12.9. The van der Waals surface area contributed by atoms with E-state index in [-0.39, 0.29) is 12.3 Å². The fraction of sp³-hybridized carbons (Fsp3) is 0.467. The predicted molar refractivity (Wildman–Crippen MR) is 85.5 cm³/mol. The van der Waals surface area contributed by atoms with Gasteiger partial charge in [0.25, 0.3) is 0 Å². The number of halogens is 1. The van der Waals surface area contributed by atoms with Gasteiger partial charge in [0.15, 0.2) is 0 Å². The molecule has 2 atom stereocenters. The van der Waals surface area contributed by atoms with E-state index in [4.69, 9.17) is 21.4 Å². The molecule has 3 N–H and O–H groups in total. The zero-order valence-corrected chi connectivity index (χ0v) is 13.6. The van der Waals surface area contributed by atoms with Gasteiger partial charge < -0.3 is 20.5 Å². The largest absolute Gasteiger partial charge is 0.495 e. The topological polar surface area (TPSA) is 87.7 Å². The van der Waals surface area contributed by atoms with E-state index >= 15 is 0 Å². The minimum absolute atomic E-state index is 0.214. The molecule has 6 nitrogen and oxygen atoms in total. The van der Waals surface area contributed by atoms with Crippen molar-refractivity contribution in [1.29, 1.82) is 0 Å². The third kappa shape index (κ3) is 5.44. The molecule has 0 aromatic heterocycles. The number of carbonyl (C=O) groups is 2. The van der Waals surface area contributed by atoms with Gasteiger partial charge in [0.1, 0.15) is 5.75 Å². The van der Waals surface area contributed by atoms with Crippen LogP contribution >= 0.6 is 11.6 Å². The smallest absolute Gasteiger partial charge is 0.308 e. The number of ether oxygens (including phenoxy) is 1. The number of benzene rings is 1. The van der Waals surface area contributed by atoms with Gasteiger partial charge in [-0.15, -0.1) is 0 Å². The number of aliphatic carboxylic acids is 1. The molecule has 2 unspecified atom stereocenters. The van der Waals surface area contributed by atoms with Crippen LogP contribution in [0.15, 0.2) is 18.2 Å². The Hall–Kier alpha value is -1.95. The van der Waals surface area contributed by atoms with E-state index in [0.29, 0.717) is 23.0 Å². The molecule has 0 heterocycles. The van der Waals surface area contributed by atoms with Crippen LogP contribution in [0.5, 0.6) is 5.75 Å². The molecule has 22 heavy (non-hydrogen) atoms. The second kappa shape index (κ2) is 8.48. The third-order valence-electron chi connectivity index (χ3n) is 3.36. The second-order valence-corrected chi connectivity index (χ2v) is 5.44. The summed E-state index contributed by atoms with van der Waals surface area (Å²) in [5.74, 6) is -1.15. The standard InChI is InChI=1S/C15H21ClN2O4/c1-9(15(20)21)10(2)18-14(19)6-7-17-12-8-11(16)4-5-13(12)22-3/h4-5,8-10,17H,6-7H2,1-3H3,(H,18,19)(H,20,21). The van der Waals surface area contributed by atoms with Gasteiger partial charge in [-0.3, -0.25) is 9.59 Å². The Morgan fingerprint density at radius 2 is 2.05 bits per heavy atom. The maximum atomic E-state index is 11.8. The average molecular weight is 329 g/mol. The summed E-state index contributed by atoms with van der Waals surface area (Å²) in [6, 6.07) is 4.74. The Kier molecular flexibility index (Phi) is 6.98. The molecule has 0 aliphatic carbocycles. The first kappa shape index (κ1) is 18.1. The third-order valence-corrected chi connectivity index (χ3v) is 3.59. The molecular formula is C15H21ClN2O4. The molecule has 122 valence electrons. The van der Waals surface area contributed by atoms with Crippen LogP contribution < -0.4 is 15.4 Å². The number of carbonyl (C=O) groups excluding carboxylic acids is 1. The minimum atomic E-state index is -0.936. The first-order valence-electron chi connectivity index (χ1n) is 6.94. The summed E-state index contributed by atoms with van der Waals surface area (Å²) in [6.45, 7) is 3.61. The van der Waals surface area contributed by atoms with E-state index in [0.717, 1.165) is 0 Å². The lowest BCUT2D eigenvalue weighted by atomic mass is 10.0. The number of amides is 1. The van der Waals surface area contributed by atoms with Gasteiger partial charge in [-0.1, -0.05) is 11.6 Å². The molecule has 0 aliphatic heterocycles. The number of anilines is 1. The molecule has 1 amide bonds. The van der Waals surface area contributed by atoms with Crippen LogP contribution in [-0.4, -0.2) is 36.7 Å². The Morgan fingerprint density at radius 3 is 2.64 bits per heavy atom. The Morgan fingerprint density at radius 1 is 1.36 bits per heavy atom. The first-order chi connectivity index (χ1) is 10.3. The lowest BCUT2D eigenvalue weighted by Crippen LogP contribution is -2.40. The van der Waals surface area contributed by atoms with Gasteiger partial charge in [-0.2, -0.15) is 0 Å². The van der Waals surface area contributed by atoms with Gasteiger partial charge in [-0.25, -0.2) is 0 Å². The van der Waals surface area contributed by atoms with E-state index in [1.54, 1.807) is 39.2 Å². The predicted octanol–water partition coefficient (Wildman–Crippen LogP) is 2.38. The van der Waals surface area contributed by atoms with Crippen molar-refractivity contribution in [2.45, 2.75) is 26.3 Å². The van der Waals surface area contributed by atoms with Crippen LogP contribution in [0.25, 0.3) is 0 Å². The van der Waals surface area contributed by atoms with Gasteiger partial charge >= 0.3 is 5.97 Å². The molecule has 0 saturated heterocycles. The lowest BCUT2D eigenvalue weighted by Gasteiger charge is -2.18. The molecule has 1 aromatic rings. The summed E-state index contributed by atoms with van der Waals surface area (Å²) in [7, 11) is 1.55. The second-order valence-electron chi connectivity index (χ2n) is 5.00. The van der Waals surface area contributed by atoms with Crippen molar-refractivity contribution < 1.29 is 19.4 Å². The number of hydrogen-bond acceptors (Lipinski definition) is 4. The lowest BCUT2D eigenvalue weighted by molar-refractivity contribution is -0.142. The number of rotatable bonds is 8. The highest BCUT2D eigenvalue weighted by Gasteiger charge is 2.20. The van der Waals surface area contributed by atoms with Crippen molar-refractivity contribution in [1.82, 2.24) is 5.32 Å². The van der Waals surface area contributed by atoms with Crippen LogP contribution in [0.4, 0.5) is 5.69 Å². The van der Waals surface area contributed by atoms with Crippen molar-refractivity contribution in [2.24, 2.45) is 5.92 Å². The van der Waals surface area contributed by atoms with Crippen LogP contribution in [0, 0.1) is 5.92 Å². The van der Waals surface area contributed by atoms with Gasteiger partial charge in [0.2, 0.25) is 5.91 Å². The van der Waals surface area contributed by atoms with Gasteiger partial charge in [0.05, 0.1) is 18.7 Å². The minimum Gasteiger partial charge on any atom is -0.495 e. The fourth-order valence-corrected chi connectivity index (χ4v) is 1.97.